The predicted octanol–water partition coefficient (Wildman–Crippen LogP) is 2.21. The molecule has 3 heteroatoms. The van der Waals surface area contributed by atoms with Crippen LogP contribution >= 0.6 is 0 Å². The van der Waals surface area contributed by atoms with Crippen molar-refractivity contribution >= 4 is 16.6 Å². The lowest BCUT2D eigenvalue weighted by Crippen LogP contribution is -2.20. The van der Waals surface area contributed by atoms with Crippen LogP contribution < -0.4 is 5.32 Å². The molecule has 84 valence electrons. The number of likely N-dealkylation sites (N-methyl/N-ethyl adjacent to an activating group) is 1. The fourth-order valence-corrected chi connectivity index (χ4v) is 1.66. The molecule has 16 heavy (non-hydrogen) atoms. The number of nitrogens with zero attached hydrogens (tertiary/aromatic N) is 2. The van der Waals surface area contributed by atoms with Crippen molar-refractivity contribution in [3.63, 3.8) is 0 Å². The molecule has 0 spiro atoms. The Balaban J connectivity index is 2.17. The molecule has 0 saturated carbocycles. The first-order valence-corrected chi connectivity index (χ1v) is 5.50. The van der Waals surface area contributed by atoms with Crippen molar-refractivity contribution in [3.8, 4) is 0 Å². The Bertz CT molecular complexity index is 460. The third kappa shape index (κ3) is 2.49. The summed E-state index contributed by atoms with van der Waals surface area (Å²) in [5.74, 6) is 0. The topological polar surface area (TPSA) is 28.2 Å². The van der Waals surface area contributed by atoms with E-state index in [2.05, 4.69) is 35.4 Å². The van der Waals surface area contributed by atoms with Crippen molar-refractivity contribution in [2.24, 2.45) is 0 Å². The minimum Gasteiger partial charge on any atom is -0.383 e. The number of anilines is 1. The molecule has 1 aromatic heterocycles. The first-order chi connectivity index (χ1) is 7.77. The maximum atomic E-state index is 4.33. The van der Waals surface area contributed by atoms with Gasteiger partial charge in [0.05, 0.1) is 5.52 Å². The van der Waals surface area contributed by atoms with E-state index in [4.69, 9.17) is 0 Å². The molecule has 0 bridgehead atoms. The fourth-order valence-electron chi connectivity index (χ4n) is 1.66. The quantitative estimate of drug-likeness (QED) is 0.847. The zero-order valence-electron chi connectivity index (χ0n) is 9.77. The SMILES string of the molecule is CN(C)CCNc1ccnc2ccccc12. The smallest absolute Gasteiger partial charge is 0.0722 e. The van der Waals surface area contributed by atoms with Gasteiger partial charge in [-0.05, 0) is 26.2 Å². The van der Waals surface area contributed by atoms with Crippen molar-refractivity contribution in [1.29, 1.82) is 0 Å². The molecule has 1 heterocycles. The third-order valence-corrected chi connectivity index (χ3v) is 2.52. The van der Waals surface area contributed by atoms with Crippen molar-refractivity contribution in [2.45, 2.75) is 0 Å². The summed E-state index contributed by atoms with van der Waals surface area (Å²) in [6, 6.07) is 10.2. The summed E-state index contributed by atoms with van der Waals surface area (Å²) >= 11 is 0. The third-order valence-electron chi connectivity index (χ3n) is 2.52. The van der Waals surface area contributed by atoms with Crippen LogP contribution in [0.4, 0.5) is 5.69 Å². The lowest BCUT2D eigenvalue weighted by atomic mass is 10.2. The Labute approximate surface area is 96.1 Å². The van der Waals surface area contributed by atoms with Gasteiger partial charge in [-0.2, -0.15) is 0 Å². The van der Waals surface area contributed by atoms with E-state index in [1.54, 1.807) is 0 Å². The Morgan fingerprint density at radius 1 is 1.19 bits per heavy atom. The minimum atomic E-state index is 0.945. The van der Waals surface area contributed by atoms with Crippen LogP contribution in [-0.2, 0) is 0 Å². The number of fused-ring (bicyclic) bond motifs is 1. The van der Waals surface area contributed by atoms with E-state index in [0.717, 1.165) is 24.3 Å². The normalized spacial score (nSPS) is 10.9. The molecule has 2 rings (SSSR count). The van der Waals surface area contributed by atoms with Crippen LogP contribution in [0.15, 0.2) is 36.5 Å². The fraction of sp³-hybridized carbons (Fsp3) is 0.308. The summed E-state index contributed by atoms with van der Waals surface area (Å²) in [4.78, 5) is 6.50. The molecule has 0 unspecified atom stereocenters. The molecule has 0 saturated heterocycles. The highest BCUT2D eigenvalue weighted by Gasteiger charge is 1.99. The predicted molar refractivity (Wildman–Crippen MR) is 68.8 cm³/mol. The van der Waals surface area contributed by atoms with Crippen LogP contribution in [0.2, 0.25) is 0 Å². The first kappa shape index (κ1) is 10.9. The molecule has 0 aliphatic rings. The van der Waals surface area contributed by atoms with E-state index < -0.39 is 0 Å². The molecule has 0 aliphatic carbocycles. The maximum absolute atomic E-state index is 4.33. The summed E-state index contributed by atoms with van der Waals surface area (Å²) in [5, 5.41) is 4.62. The van der Waals surface area contributed by atoms with Crippen molar-refractivity contribution in [3.05, 3.63) is 36.5 Å². The van der Waals surface area contributed by atoms with Crippen molar-refractivity contribution in [2.75, 3.05) is 32.5 Å². The van der Waals surface area contributed by atoms with Crippen LogP contribution in [0.1, 0.15) is 0 Å². The van der Waals surface area contributed by atoms with Gasteiger partial charge >= 0.3 is 0 Å². The van der Waals surface area contributed by atoms with Crippen LogP contribution in [0.3, 0.4) is 0 Å². The number of nitrogens with one attached hydrogen (secondary N) is 1. The molecular formula is C13H17N3. The molecule has 2 aromatic rings. The number of para-hydroxylation sites is 1. The largest absolute Gasteiger partial charge is 0.383 e. The summed E-state index contributed by atoms with van der Waals surface area (Å²) in [6.45, 7) is 1.97. The molecule has 0 radical (unpaired) electrons. The zero-order chi connectivity index (χ0) is 11.4. The van der Waals surface area contributed by atoms with Gasteiger partial charge in [0.25, 0.3) is 0 Å². The van der Waals surface area contributed by atoms with Crippen LogP contribution in [0, 0.1) is 0 Å². The Morgan fingerprint density at radius 3 is 2.81 bits per heavy atom. The highest BCUT2D eigenvalue weighted by atomic mass is 15.1. The van der Waals surface area contributed by atoms with E-state index in [9.17, 15) is 0 Å². The molecule has 1 N–H and O–H groups in total. The Kier molecular flexibility index (Phi) is 3.37. The van der Waals surface area contributed by atoms with Gasteiger partial charge in [-0.15, -0.1) is 0 Å². The van der Waals surface area contributed by atoms with Gasteiger partial charge in [-0.3, -0.25) is 4.98 Å². The van der Waals surface area contributed by atoms with Gasteiger partial charge in [-0.1, -0.05) is 18.2 Å². The number of benzene rings is 1. The van der Waals surface area contributed by atoms with E-state index >= 15 is 0 Å². The Morgan fingerprint density at radius 2 is 2.00 bits per heavy atom. The average molecular weight is 215 g/mol. The van der Waals surface area contributed by atoms with E-state index in [0.29, 0.717) is 0 Å². The van der Waals surface area contributed by atoms with Gasteiger partial charge < -0.3 is 10.2 Å². The number of pyridine rings is 1. The van der Waals surface area contributed by atoms with Crippen molar-refractivity contribution < 1.29 is 0 Å². The summed E-state index contributed by atoms with van der Waals surface area (Å²) in [6.07, 6.45) is 1.85. The highest BCUT2D eigenvalue weighted by Crippen LogP contribution is 2.20. The molecule has 0 aliphatic heterocycles. The second kappa shape index (κ2) is 4.94. The number of rotatable bonds is 4. The van der Waals surface area contributed by atoms with Gasteiger partial charge in [-0.25, -0.2) is 0 Å². The first-order valence-electron chi connectivity index (χ1n) is 5.50. The molecule has 0 atom stereocenters. The maximum Gasteiger partial charge on any atom is 0.0722 e. The summed E-state index contributed by atoms with van der Waals surface area (Å²) in [7, 11) is 4.15. The van der Waals surface area contributed by atoms with Gasteiger partial charge in [0, 0.05) is 30.4 Å². The minimum absolute atomic E-state index is 0.945. The van der Waals surface area contributed by atoms with Crippen molar-refractivity contribution in [1.82, 2.24) is 9.88 Å². The molecule has 0 fully saturated rings. The monoisotopic (exact) mass is 215 g/mol. The lowest BCUT2D eigenvalue weighted by molar-refractivity contribution is 0.425. The van der Waals surface area contributed by atoms with Gasteiger partial charge in [0.1, 0.15) is 0 Å². The highest BCUT2D eigenvalue weighted by molar-refractivity contribution is 5.90. The average Bonchev–Trinajstić information content (AvgIpc) is 2.29. The second-order valence-electron chi connectivity index (χ2n) is 4.11. The van der Waals surface area contributed by atoms with Crippen LogP contribution in [0.25, 0.3) is 10.9 Å². The molecular weight excluding hydrogens is 198 g/mol. The molecule has 0 amide bonds. The second-order valence-corrected chi connectivity index (χ2v) is 4.11. The van der Waals surface area contributed by atoms with E-state index in [-0.39, 0.29) is 0 Å². The van der Waals surface area contributed by atoms with Gasteiger partial charge in [0.2, 0.25) is 0 Å². The summed E-state index contributed by atoms with van der Waals surface area (Å²) in [5.41, 5.74) is 2.20. The van der Waals surface area contributed by atoms with Gasteiger partial charge in [0.15, 0.2) is 0 Å². The lowest BCUT2D eigenvalue weighted by Gasteiger charge is -2.12. The van der Waals surface area contributed by atoms with Crippen LogP contribution in [0.5, 0.6) is 0 Å². The number of aromatic nitrogens is 1. The number of hydrogen-bond donors (Lipinski definition) is 1. The van der Waals surface area contributed by atoms with Crippen LogP contribution in [-0.4, -0.2) is 37.1 Å². The summed E-state index contributed by atoms with van der Waals surface area (Å²) < 4.78 is 0. The number of hydrogen-bond acceptors (Lipinski definition) is 3. The van der Waals surface area contributed by atoms with E-state index in [1.165, 1.54) is 5.39 Å². The molecule has 3 nitrogen and oxygen atoms in total. The molecule has 1 aromatic carbocycles. The standard InChI is InChI=1S/C13H17N3/c1-16(2)10-9-15-13-7-8-14-12-6-4-3-5-11(12)13/h3-8H,9-10H2,1-2H3,(H,14,15). The van der Waals surface area contributed by atoms with E-state index in [1.807, 2.05) is 30.5 Å². The Hall–Kier alpha value is -1.61. The zero-order valence-corrected chi connectivity index (χ0v) is 9.77.